The summed E-state index contributed by atoms with van der Waals surface area (Å²) in [4.78, 5) is 30.0. The molecular weight excluding hydrogens is 407 g/mol. The van der Waals surface area contributed by atoms with Crippen molar-refractivity contribution in [1.29, 1.82) is 0 Å². The van der Waals surface area contributed by atoms with Crippen LogP contribution in [0.15, 0.2) is 24.4 Å². The number of nitrogens with zero attached hydrogens (tertiary/aromatic N) is 3. The molecule has 8 nitrogen and oxygen atoms in total. The van der Waals surface area contributed by atoms with Gasteiger partial charge in [-0.2, -0.15) is 13.2 Å². The van der Waals surface area contributed by atoms with Crippen molar-refractivity contribution in [2.45, 2.75) is 19.0 Å². The van der Waals surface area contributed by atoms with Crippen molar-refractivity contribution < 1.29 is 37.3 Å². The lowest BCUT2D eigenvalue weighted by atomic mass is 9.87. The SMILES string of the molecule is COCCC(=O)N1CCOCC2(CCN(c3ccccn3)C2)C1.O=C(O)C(F)(F)F. The molecule has 2 fully saturated rings. The first-order chi connectivity index (χ1) is 14.2. The summed E-state index contributed by atoms with van der Waals surface area (Å²) in [5.74, 6) is -1.59. The van der Waals surface area contributed by atoms with E-state index in [1.807, 2.05) is 29.3 Å². The van der Waals surface area contributed by atoms with E-state index in [1.54, 1.807) is 7.11 Å². The smallest absolute Gasteiger partial charge is 0.475 e. The van der Waals surface area contributed by atoms with Crippen molar-refractivity contribution in [3.8, 4) is 0 Å². The minimum absolute atomic E-state index is 0.0107. The maximum atomic E-state index is 12.4. The van der Waals surface area contributed by atoms with E-state index in [0.717, 1.165) is 31.9 Å². The van der Waals surface area contributed by atoms with Crippen LogP contribution in [0, 0.1) is 5.41 Å². The summed E-state index contributed by atoms with van der Waals surface area (Å²) in [7, 11) is 1.63. The average molecular weight is 433 g/mol. The van der Waals surface area contributed by atoms with Gasteiger partial charge in [-0.3, -0.25) is 4.79 Å². The van der Waals surface area contributed by atoms with E-state index in [1.165, 1.54) is 0 Å². The molecule has 168 valence electrons. The Bertz CT molecular complexity index is 704. The summed E-state index contributed by atoms with van der Waals surface area (Å²) in [6.07, 6.45) is -1.79. The molecule has 0 radical (unpaired) electrons. The molecule has 1 unspecified atom stereocenters. The number of carbonyl (C=O) groups excluding carboxylic acids is 1. The third-order valence-electron chi connectivity index (χ3n) is 4.97. The zero-order valence-electron chi connectivity index (χ0n) is 16.7. The van der Waals surface area contributed by atoms with Crippen LogP contribution in [-0.4, -0.2) is 86.2 Å². The number of alkyl halides is 3. The number of hydrogen-bond acceptors (Lipinski definition) is 6. The fourth-order valence-corrected chi connectivity index (χ4v) is 3.47. The molecule has 1 amide bonds. The second kappa shape index (κ2) is 10.6. The van der Waals surface area contributed by atoms with Crippen molar-refractivity contribution in [3.63, 3.8) is 0 Å². The molecule has 2 aliphatic rings. The van der Waals surface area contributed by atoms with Crippen molar-refractivity contribution in [1.82, 2.24) is 9.88 Å². The number of aromatic nitrogens is 1. The molecule has 2 aliphatic heterocycles. The number of halogens is 3. The van der Waals surface area contributed by atoms with Crippen molar-refractivity contribution >= 4 is 17.7 Å². The van der Waals surface area contributed by atoms with Crippen LogP contribution in [0.25, 0.3) is 0 Å². The van der Waals surface area contributed by atoms with Gasteiger partial charge in [-0.25, -0.2) is 9.78 Å². The lowest BCUT2D eigenvalue weighted by molar-refractivity contribution is -0.192. The highest BCUT2D eigenvalue weighted by Gasteiger charge is 2.42. The number of methoxy groups -OCH3 is 1. The average Bonchev–Trinajstić information content (AvgIpc) is 3.00. The van der Waals surface area contributed by atoms with Gasteiger partial charge in [0.25, 0.3) is 0 Å². The van der Waals surface area contributed by atoms with Gasteiger partial charge in [0.2, 0.25) is 5.91 Å². The van der Waals surface area contributed by atoms with Crippen molar-refractivity contribution in [3.05, 3.63) is 24.4 Å². The summed E-state index contributed by atoms with van der Waals surface area (Å²) in [6.45, 7) is 5.09. The summed E-state index contributed by atoms with van der Waals surface area (Å²) in [5, 5.41) is 7.12. The molecule has 2 saturated heterocycles. The third-order valence-corrected chi connectivity index (χ3v) is 4.97. The van der Waals surface area contributed by atoms with E-state index in [9.17, 15) is 18.0 Å². The van der Waals surface area contributed by atoms with E-state index in [0.29, 0.717) is 32.8 Å². The van der Waals surface area contributed by atoms with Crippen LogP contribution in [0.2, 0.25) is 0 Å². The second-order valence-electron chi connectivity index (χ2n) is 7.27. The molecule has 0 aromatic carbocycles. The predicted octanol–water partition coefficient (Wildman–Crippen LogP) is 1.81. The third kappa shape index (κ3) is 6.84. The van der Waals surface area contributed by atoms with Gasteiger partial charge in [0.15, 0.2) is 0 Å². The van der Waals surface area contributed by atoms with Crippen LogP contribution in [0.3, 0.4) is 0 Å². The highest BCUT2D eigenvalue weighted by atomic mass is 19.4. The number of carboxylic acid groups (broad SMARTS) is 1. The number of pyridine rings is 1. The van der Waals surface area contributed by atoms with E-state index in [-0.39, 0.29) is 11.3 Å². The van der Waals surface area contributed by atoms with Gasteiger partial charge in [-0.1, -0.05) is 6.07 Å². The molecule has 1 spiro atoms. The second-order valence-corrected chi connectivity index (χ2v) is 7.27. The monoisotopic (exact) mass is 433 g/mol. The first-order valence-corrected chi connectivity index (χ1v) is 9.47. The standard InChI is InChI=1S/C17H25N3O3.C2HF3O2/c1-22-10-5-16(21)20-9-11-23-14-17(13-20)6-8-19(12-17)15-4-2-3-7-18-15;3-2(4,5)1(6)7/h2-4,7H,5-6,8-14H2,1H3;(H,6,7). The number of amides is 1. The molecule has 1 atom stereocenters. The van der Waals surface area contributed by atoms with Crippen molar-refractivity contribution in [2.24, 2.45) is 5.41 Å². The van der Waals surface area contributed by atoms with Crippen LogP contribution in [0.4, 0.5) is 19.0 Å². The van der Waals surface area contributed by atoms with Crippen LogP contribution in [0.1, 0.15) is 12.8 Å². The quantitative estimate of drug-likeness (QED) is 0.774. The lowest BCUT2D eigenvalue weighted by Gasteiger charge is -2.32. The molecule has 0 bridgehead atoms. The van der Waals surface area contributed by atoms with Gasteiger partial charge in [0.05, 0.1) is 26.2 Å². The maximum absolute atomic E-state index is 12.4. The molecule has 1 N–H and O–H groups in total. The Labute approximate surface area is 172 Å². The normalized spacial score (nSPS) is 21.7. The molecule has 1 aromatic heterocycles. The predicted molar refractivity (Wildman–Crippen MR) is 101 cm³/mol. The molecule has 0 aliphatic carbocycles. The molecular formula is C19H26F3N3O5. The van der Waals surface area contributed by atoms with Gasteiger partial charge < -0.3 is 24.4 Å². The van der Waals surface area contributed by atoms with Crippen LogP contribution in [-0.2, 0) is 19.1 Å². The first kappa shape index (κ1) is 23.9. The van der Waals surface area contributed by atoms with Crippen LogP contribution >= 0.6 is 0 Å². The van der Waals surface area contributed by atoms with Crippen LogP contribution < -0.4 is 4.90 Å². The van der Waals surface area contributed by atoms with Gasteiger partial charge in [0, 0.05) is 44.9 Å². The molecule has 3 heterocycles. The Kier molecular flexibility index (Phi) is 8.42. The number of ether oxygens (including phenoxy) is 2. The molecule has 11 heteroatoms. The fraction of sp³-hybridized carbons (Fsp3) is 0.632. The van der Waals surface area contributed by atoms with E-state index < -0.39 is 12.1 Å². The summed E-state index contributed by atoms with van der Waals surface area (Å²) < 4.78 is 42.6. The van der Waals surface area contributed by atoms with Crippen LogP contribution in [0.5, 0.6) is 0 Å². The molecule has 0 saturated carbocycles. The molecule has 3 rings (SSSR count). The summed E-state index contributed by atoms with van der Waals surface area (Å²) >= 11 is 0. The number of carboxylic acids is 1. The van der Waals surface area contributed by atoms with Gasteiger partial charge in [-0.05, 0) is 18.6 Å². The molecule has 1 aromatic rings. The summed E-state index contributed by atoms with van der Waals surface area (Å²) in [5.41, 5.74) is 0.0107. The first-order valence-electron chi connectivity index (χ1n) is 9.47. The molecule has 30 heavy (non-hydrogen) atoms. The zero-order chi connectivity index (χ0) is 22.2. The lowest BCUT2D eigenvalue weighted by Crippen LogP contribution is -2.43. The van der Waals surface area contributed by atoms with E-state index >= 15 is 0 Å². The largest absolute Gasteiger partial charge is 0.490 e. The topological polar surface area (TPSA) is 92.2 Å². The zero-order valence-corrected chi connectivity index (χ0v) is 16.7. The van der Waals surface area contributed by atoms with Gasteiger partial charge in [0.1, 0.15) is 5.82 Å². The minimum atomic E-state index is -5.08. The van der Waals surface area contributed by atoms with Gasteiger partial charge >= 0.3 is 12.1 Å². The van der Waals surface area contributed by atoms with Crippen molar-refractivity contribution in [2.75, 3.05) is 58.0 Å². The highest BCUT2D eigenvalue weighted by Crippen LogP contribution is 2.35. The Morgan fingerprint density at radius 3 is 2.63 bits per heavy atom. The number of aliphatic carboxylic acids is 1. The van der Waals surface area contributed by atoms with E-state index in [2.05, 4.69) is 9.88 Å². The minimum Gasteiger partial charge on any atom is -0.475 e. The fourth-order valence-electron chi connectivity index (χ4n) is 3.47. The maximum Gasteiger partial charge on any atom is 0.490 e. The Hall–Kier alpha value is -2.40. The van der Waals surface area contributed by atoms with E-state index in [4.69, 9.17) is 19.4 Å². The number of hydrogen-bond donors (Lipinski definition) is 1. The Morgan fingerprint density at radius 2 is 2.03 bits per heavy atom. The number of rotatable bonds is 4. The summed E-state index contributed by atoms with van der Waals surface area (Å²) in [6, 6.07) is 5.98. The van der Waals surface area contributed by atoms with Gasteiger partial charge in [-0.15, -0.1) is 0 Å². The number of anilines is 1. The number of carbonyl (C=O) groups is 2. The Balaban J connectivity index is 0.000000396. The highest BCUT2D eigenvalue weighted by molar-refractivity contribution is 5.76. The Morgan fingerprint density at radius 1 is 1.30 bits per heavy atom.